The number of methoxy groups -OCH3 is 1. The maximum absolute atomic E-state index is 12.3. The molecule has 0 saturated carbocycles. The van der Waals surface area contributed by atoms with Crippen molar-refractivity contribution in [2.75, 3.05) is 31.7 Å². The lowest BCUT2D eigenvalue weighted by Gasteiger charge is -2.34. The summed E-state index contributed by atoms with van der Waals surface area (Å²) in [5.74, 6) is 1.10. The van der Waals surface area contributed by atoms with Crippen molar-refractivity contribution in [3.63, 3.8) is 0 Å². The predicted molar refractivity (Wildman–Crippen MR) is 113 cm³/mol. The Balaban J connectivity index is 1.46. The number of allylic oxidation sites excluding steroid dienone is 1. The average molecular weight is 380 g/mol. The van der Waals surface area contributed by atoms with Gasteiger partial charge < -0.3 is 19.7 Å². The minimum Gasteiger partial charge on any atom is -0.493 e. The molecule has 0 spiro atoms. The van der Waals surface area contributed by atoms with E-state index < -0.39 is 0 Å². The second kappa shape index (κ2) is 9.83. The van der Waals surface area contributed by atoms with Crippen molar-refractivity contribution in [1.29, 1.82) is 0 Å². The molecule has 0 unspecified atom stereocenters. The van der Waals surface area contributed by atoms with E-state index in [1.807, 2.05) is 43.3 Å². The molecular formula is C23H28N2O3. The van der Waals surface area contributed by atoms with Crippen molar-refractivity contribution < 1.29 is 14.3 Å². The first-order valence-corrected chi connectivity index (χ1v) is 9.72. The van der Waals surface area contributed by atoms with Gasteiger partial charge in [0.25, 0.3) is 5.91 Å². The minimum atomic E-state index is -0.0993. The molecular weight excluding hydrogens is 352 g/mol. The molecule has 5 heteroatoms. The van der Waals surface area contributed by atoms with Crippen molar-refractivity contribution in [2.24, 2.45) is 0 Å². The van der Waals surface area contributed by atoms with E-state index in [9.17, 15) is 4.79 Å². The Kier molecular flexibility index (Phi) is 6.95. The third kappa shape index (κ3) is 5.28. The predicted octanol–water partition coefficient (Wildman–Crippen LogP) is 3.89. The summed E-state index contributed by atoms with van der Waals surface area (Å²) in [6.07, 6.45) is 5.82. The van der Waals surface area contributed by atoms with E-state index in [4.69, 9.17) is 9.47 Å². The molecule has 2 aromatic rings. The number of amides is 1. The molecule has 1 aliphatic heterocycles. The minimum absolute atomic E-state index is 0.0157. The van der Waals surface area contributed by atoms with Gasteiger partial charge in [-0.2, -0.15) is 0 Å². The van der Waals surface area contributed by atoms with Crippen molar-refractivity contribution in [1.82, 2.24) is 5.32 Å². The van der Waals surface area contributed by atoms with Crippen LogP contribution in [-0.2, 0) is 4.79 Å². The summed E-state index contributed by atoms with van der Waals surface area (Å²) in [6.45, 7) is 3.83. The standard InChI is InChI=1S/C23H28N2O3/c1-3-7-18-10-11-21(22(16-18)27-2)28-17-23(26)24-19-12-14-25(15-13-19)20-8-5-4-6-9-20/h3-11,16,19H,12-15,17H2,1-2H3,(H,24,26). The molecule has 0 bridgehead atoms. The second-order valence-electron chi connectivity index (χ2n) is 6.86. The van der Waals surface area contributed by atoms with Crippen LogP contribution < -0.4 is 19.7 Å². The topological polar surface area (TPSA) is 50.8 Å². The number of hydrogen-bond acceptors (Lipinski definition) is 4. The molecule has 0 radical (unpaired) electrons. The Morgan fingerprint density at radius 2 is 1.89 bits per heavy atom. The highest BCUT2D eigenvalue weighted by Gasteiger charge is 2.21. The van der Waals surface area contributed by atoms with Gasteiger partial charge in [-0.05, 0) is 49.6 Å². The molecule has 1 saturated heterocycles. The Morgan fingerprint density at radius 3 is 2.57 bits per heavy atom. The first kappa shape index (κ1) is 19.8. The number of benzene rings is 2. The van der Waals surface area contributed by atoms with E-state index in [1.165, 1.54) is 5.69 Å². The molecule has 1 heterocycles. The van der Waals surface area contributed by atoms with E-state index in [2.05, 4.69) is 34.5 Å². The number of hydrogen-bond donors (Lipinski definition) is 1. The quantitative estimate of drug-likeness (QED) is 0.792. The van der Waals surface area contributed by atoms with Crippen LogP contribution >= 0.6 is 0 Å². The smallest absolute Gasteiger partial charge is 0.258 e. The summed E-state index contributed by atoms with van der Waals surface area (Å²) < 4.78 is 11.1. The van der Waals surface area contributed by atoms with Crippen LogP contribution in [0, 0.1) is 0 Å². The number of nitrogens with one attached hydrogen (secondary N) is 1. The molecule has 2 aromatic carbocycles. The van der Waals surface area contributed by atoms with Crippen LogP contribution in [-0.4, -0.2) is 38.8 Å². The van der Waals surface area contributed by atoms with Crippen molar-refractivity contribution in [3.8, 4) is 11.5 Å². The zero-order valence-electron chi connectivity index (χ0n) is 16.6. The van der Waals surface area contributed by atoms with Crippen LogP contribution in [0.3, 0.4) is 0 Å². The summed E-state index contributed by atoms with van der Waals surface area (Å²) in [4.78, 5) is 14.7. The summed E-state index contributed by atoms with van der Waals surface area (Å²) in [5, 5.41) is 3.09. The fourth-order valence-electron chi connectivity index (χ4n) is 3.43. The highest BCUT2D eigenvalue weighted by atomic mass is 16.5. The van der Waals surface area contributed by atoms with Crippen LogP contribution in [0.15, 0.2) is 54.6 Å². The maximum Gasteiger partial charge on any atom is 0.258 e. The van der Waals surface area contributed by atoms with Gasteiger partial charge >= 0.3 is 0 Å². The van der Waals surface area contributed by atoms with Gasteiger partial charge in [-0.25, -0.2) is 0 Å². The monoisotopic (exact) mass is 380 g/mol. The van der Waals surface area contributed by atoms with Gasteiger partial charge in [-0.3, -0.25) is 4.79 Å². The van der Waals surface area contributed by atoms with Crippen molar-refractivity contribution in [3.05, 3.63) is 60.2 Å². The lowest BCUT2D eigenvalue weighted by atomic mass is 10.0. The number of ether oxygens (including phenoxy) is 2. The summed E-state index contributed by atoms with van der Waals surface area (Å²) in [7, 11) is 1.60. The number of nitrogens with zero attached hydrogens (tertiary/aromatic N) is 1. The fourth-order valence-corrected chi connectivity index (χ4v) is 3.43. The molecule has 0 aliphatic carbocycles. The number of para-hydroxylation sites is 1. The van der Waals surface area contributed by atoms with Gasteiger partial charge in [-0.15, -0.1) is 0 Å². The van der Waals surface area contributed by atoms with Crippen molar-refractivity contribution >= 4 is 17.7 Å². The number of rotatable bonds is 7. The second-order valence-corrected chi connectivity index (χ2v) is 6.86. The zero-order chi connectivity index (χ0) is 19.8. The maximum atomic E-state index is 12.3. The van der Waals surface area contributed by atoms with Crippen LogP contribution in [0.5, 0.6) is 11.5 Å². The molecule has 148 valence electrons. The van der Waals surface area contributed by atoms with E-state index in [0.717, 1.165) is 31.5 Å². The average Bonchev–Trinajstić information content (AvgIpc) is 2.74. The lowest BCUT2D eigenvalue weighted by Crippen LogP contribution is -2.46. The van der Waals surface area contributed by atoms with Gasteiger partial charge in [0.15, 0.2) is 18.1 Å². The zero-order valence-corrected chi connectivity index (χ0v) is 16.6. The molecule has 3 rings (SSSR count). The molecule has 28 heavy (non-hydrogen) atoms. The van der Waals surface area contributed by atoms with E-state index in [0.29, 0.717) is 11.5 Å². The molecule has 1 N–H and O–H groups in total. The molecule has 1 aliphatic rings. The number of carbonyl (C=O) groups excluding carboxylic acids is 1. The molecule has 1 amide bonds. The molecule has 0 aromatic heterocycles. The van der Waals surface area contributed by atoms with Gasteiger partial charge in [0.2, 0.25) is 0 Å². The fraction of sp³-hybridized carbons (Fsp3) is 0.348. The van der Waals surface area contributed by atoms with Gasteiger partial charge in [0.1, 0.15) is 0 Å². The summed E-state index contributed by atoms with van der Waals surface area (Å²) >= 11 is 0. The Morgan fingerprint density at radius 1 is 1.14 bits per heavy atom. The SMILES string of the molecule is CC=Cc1ccc(OCC(=O)NC2CCN(c3ccccc3)CC2)c(OC)c1. The van der Waals surface area contributed by atoms with Crippen LogP contribution in [0.25, 0.3) is 6.08 Å². The van der Waals surface area contributed by atoms with Crippen LogP contribution in [0.1, 0.15) is 25.3 Å². The largest absolute Gasteiger partial charge is 0.493 e. The third-order valence-electron chi connectivity index (χ3n) is 4.89. The lowest BCUT2D eigenvalue weighted by molar-refractivity contribution is -0.123. The number of anilines is 1. The van der Waals surface area contributed by atoms with E-state index in [1.54, 1.807) is 7.11 Å². The van der Waals surface area contributed by atoms with Gasteiger partial charge in [0.05, 0.1) is 7.11 Å². The van der Waals surface area contributed by atoms with Crippen LogP contribution in [0.2, 0.25) is 0 Å². The highest BCUT2D eigenvalue weighted by molar-refractivity contribution is 5.78. The number of piperidine rings is 1. The molecule has 1 fully saturated rings. The normalized spacial score (nSPS) is 14.9. The number of carbonyl (C=O) groups is 1. The highest BCUT2D eigenvalue weighted by Crippen LogP contribution is 2.28. The first-order valence-electron chi connectivity index (χ1n) is 9.72. The third-order valence-corrected chi connectivity index (χ3v) is 4.89. The summed E-state index contributed by atoms with van der Waals surface area (Å²) in [5.41, 5.74) is 2.27. The van der Waals surface area contributed by atoms with Crippen molar-refractivity contribution in [2.45, 2.75) is 25.8 Å². The Bertz CT molecular complexity index is 797. The van der Waals surface area contributed by atoms with E-state index in [-0.39, 0.29) is 18.6 Å². The van der Waals surface area contributed by atoms with Crippen LogP contribution in [0.4, 0.5) is 5.69 Å². The summed E-state index contributed by atoms with van der Waals surface area (Å²) in [6, 6.07) is 16.2. The molecule has 0 atom stereocenters. The van der Waals surface area contributed by atoms with Gasteiger partial charge in [0, 0.05) is 24.8 Å². The van der Waals surface area contributed by atoms with Gasteiger partial charge in [-0.1, -0.05) is 36.4 Å². The first-order chi connectivity index (χ1) is 13.7. The molecule has 5 nitrogen and oxygen atoms in total. The van der Waals surface area contributed by atoms with E-state index >= 15 is 0 Å². The Hall–Kier alpha value is -2.95. The Labute approximate surface area is 167 Å².